The first-order valence-electron chi connectivity index (χ1n) is 7.93. The topological polar surface area (TPSA) is 198 Å². The zero-order chi connectivity index (χ0) is 27.6. The zero-order valence-electron chi connectivity index (χ0n) is 16.7. The van der Waals surface area contributed by atoms with Crippen LogP contribution in [0.1, 0.15) is 26.3 Å². The fourth-order valence-electron chi connectivity index (χ4n) is 1.94. The predicted molar refractivity (Wildman–Crippen MR) is 91.3 cm³/mol. The van der Waals surface area contributed by atoms with Gasteiger partial charge in [-0.2, -0.15) is 48.9 Å². The van der Waals surface area contributed by atoms with Crippen LogP contribution in [0.25, 0.3) is 0 Å². The Morgan fingerprint density at radius 3 is 1.51 bits per heavy atom. The number of hydrogen-bond acceptors (Lipinski definition) is 12. The molecule has 0 aliphatic rings. The molecule has 0 saturated carbocycles. The molecular formula is C14H9F6NO12S2-2. The van der Waals surface area contributed by atoms with Crippen molar-refractivity contribution in [3.63, 3.8) is 0 Å². The largest absolute Gasteiger partial charge is 0.858 e. The van der Waals surface area contributed by atoms with Gasteiger partial charge < -0.3 is 9.66 Å². The summed E-state index contributed by atoms with van der Waals surface area (Å²) in [5, 5.41) is -2.22. The summed E-state index contributed by atoms with van der Waals surface area (Å²) in [7, 11) is -13.3. The average Bonchev–Trinajstić information content (AvgIpc) is 2.72. The van der Waals surface area contributed by atoms with E-state index in [1.807, 2.05) is 0 Å². The van der Waals surface area contributed by atoms with E-state index in [2.05, 4.69) is 19.6 Å². The third-order valence-corrected chi connectivity index (χ3v) is 5.74. The molecule has 1 aromatic rings. The molecule has 0 atom stereocenters. The monoisotopic (exact) mass is 561 g/mol. The van der Waals surface area contributed by atoms with E-state index in [9.17, 15) is 62.4 Å². The Bertz CT molecular complexity index is 1210. The van der Waals surface area contributed by atoms with Gasteiger partial charge in [-0.05, 0) is 23.8 Å². The van der Waals surface area contributed by atoms with Crippen LogP contribution < -0.4 is 5.11 Å². The Morgan fingerprint density at radius 1 is 0.800 bits per heavy atom. The summed E-state index contributed by atoms with van der Waals surface area (Å²) in [5.41, 5.74) is -2.96. The Kier molecular flexibility index (Phi) is 8.51. The van der Waals surface area contributed by atoms with Crippen molar-refractivity contribution in [3.8, 4) is 0 Å². The highest BCUT2D eigenvalue weighted by Crippen LogP contribution is 2.50. The quantitative estimate of drug-likeness (QED) is 0.0921. The molecule has 0 radical (unpaired) electrons. The normalized spacial score (nSPS) is 13.9. The van der Waals surface area contributed by atoms with Crippen molar-refractivity contribution in [2.45, 2.75) is 16.4 Å². The van der Waals surface area contributed by atoms with Crippen LogP contribution in [0, 0.1) is 0 Å². The van der Waals surface area contributed by atoms with Crippen LogP contribution in [0.15, 0.2) is 22.6 Å². The number of carbonyl (C=O) groups is 2. The third-order valence-electron chi connectivity index (χ3n) is 3.54. The van der Waals surface area contributed by atoms with Gasteiger partial charge in [0.2, 0.25) is 0 Å². The van der Waals surface area contributed by atoms with Crippen LogP contribution in [0.4, 0.5) is 26.3 Å². The zero-order valence-corrected chi connectivity index (χ0v) is 18.3. The first-order valence-corrected chi connectivity index (χ1v) is 10.8. The smallest absolute Gasteiger partial charge is 0.434 e. The Hall–Kier alpha value is -3.01. The highest BCUT2D eigenvalue weighted by atomic mass is 32.2. The minimum Gasteiger partial charge on any atom is -0.858 e. The average molecular weight is 561 g/mol. The van der Waals surface area contributed by atoms with E-state index in [1.165, 1.54) is 0 Å². The second-order valence-electron chi connectivity index (χ2n) is 5.81. The van der Waals surface area contributed by atoms with E-state index in [0.29, 0.717) is 18.2 Å². The number of halogens is 6. The van der Waals surface area contributed by atoms with Crippen molar-refractivity contribution < 1.29 is 82.0 Å². The van der Waals surface area contributed by atoms with Gasteiger partial charge in [0.05, 0.1) is 25.3 Å². The van der Waals surface area contributed by atoms with Crippen LogP contribution in [-0.4, -0.2) is 69.9 Å². The van der Waals surface area contributed by atoms with Gasteiger partial charge in [0.15, 0.2) is 10.1 Å². The SMILES string of the molecule is COOC(=O)c1cc(C(=O)OOC)cc(C([O-])=NS(=O)(=O)C(F)(F)C(F)(F)C(F)(F)S(=O)(=O)[O-])c1. The van der Waals surface area contributed by atoms with Crippen LogP contribution >= 0.6 is 0 Å². The lowest BCUT2D eigenvalue weighted by atomic mass is 10.1. The lowest BCUT2D eigenvalue weighted by Crippen LogP contribution is -2.60. The van der Waals surface area contributed by atoms with Crippen LogP contribution in [0.3, 0.4) is 0 Å². The standard InChI is InChI=1S/C14H11F6NO12S2/c1-30-32-10(23)7-3-6(4-8(5-7)11(24)33-31-2)9(22)21-34(25,26)13(17,18)12(15,16)14(19,20)35(27,28)29/h3-5H,1-2H3,(H,21,22)(H,27,28,29)/p-2. The van der Waals surface area contributed by atoms with Gasteiger partial charge in [0.25, 0.3) is 0 Å². The number of carbonyl (C=O) groups excluding carboxylic acids is 2. The first-order chi connectivity index (χ1) is 15.7. The Morgan fingerprint density at radius 2 is 1.17 bits per heavy atom. The highest BCUT2D eigenvalue weighted by Gasteiger charge is 2.80. The minimum atomic E-state index is -7.56. The number of nitrogens with zero attached hydrogens (tertiary/aromatic N) is 1. The van der Waals surface area contributed by atoms with Gasteiger partial charge in [-0.1, -0.05) is 0 Å². The van der Waals surface area contributed by atoms with E-state index in [0.717, 1.165) is 14.2 Å². The summed E-state index contributed by atoms with van der Waals surface area (Å²) in [5.74, 6) is -12.9. The van der Waals surface area contributed by atoms with Crippen molar-refractivity contribution in [2.75, 3.05) is 14.2 Å². The van der Waals surface area contributed by atoms with Crippen molar-refractivity contribution in [2.24, 2.45) is 4.40 Å². The number of alkyl halides is 6. The molecule has 0 unspecified atom stereocenters. The Labute approximate surface area is 190 Å². The second kappa shape index (κ2) is 9.93. The van der Waals surface area contributed by atoms with Crippen LogP contribution in [0.5, 0.6) is 0 Å². The first kappa shape index (κ1) is 30.0. The fourth-order valence-corrected chi connectivity index (χ4v) is 3.34. The van der Waals surface area contributed by atoms with E-state index >= 15 is 0 Å². The summed E-state index contributed by atoms with van der Waals surface area (Å²) in [6, 6.07) is 1.25. The molecule has 0 amide bonds. The molecular weight excluding hydrogens is 552 g/mol. The van der Waals surface area contributed by atoms with Crippen LogP contribution in [0.2, 0.25) is 0 Å². The molecule has 13 nitrogen and oxygen atoms in total. The van der Waals surface area contributed by atoms with Crippen molar-refractivity contribution in [1.82, 2.24) is 0 Å². The van der Waals surface area contributed by atoms with Gasteiger partial charge >= 0.3 is 38.4 Å². The van der Waals surface area contributed by atoms with Crippen molar-refractivity contribution >= 4 is 38.0 Å². The van der Waals surface area contributed by atoms with E-state index in [-0.39, 0.29) is 0 Å². The summed E-state index contributed by atoms with van der Waals surface area (Å²) in [6.45, 7) is 0. The fraction of sp³-hybridized carbons (Fsp3) is 0.357. The van der Waals surface area contributed by atoms with Gasteiger partial charge in [-0.15, -0.1) is 0 Å². The van der Waals surface area contributed by atoms with E-state index in [4.69, 9.17) is 0 Å². The predicted octanol–water partition coefficient (Wildman–Crippen LogP) is -0.0742. The third kappa shape index (κ3) is 5.63. The summed E-state index contributed by atoms with van der Waals surface area (Å²) >= 11 is 0. The van der Waals surface area contributed by atoms with Crippen molar-refractivity contribution in [1.29, 1.82) is 0 Å². The van der Waals surface area contributed by atoms with Crippen molar-refractivity contribution in [3.05, 3.63) is 34.9 Å². The molecule has 21 heteroatoms. The van der Waals surface area contributed by atoms with Gasteiger partial charge in [-0.25, -0.2) is 18.0 Å². The highest BCUT2D eigenvalue weighted by molar-refractivity contribution is 7.91. The Balaban J connectivity index is 3.72. The summed E-state index contributed by atoms with van der Waals surface area (Å²) in [4.78, 5) is 39.6. The van der Waals surface area contributed by atoms with E-state index < -0.39 is 71.1 Å². The number of hydrogen-bond donors (Lipinski definition) is 0. The van der Waals surface area contributed by atoms with Gasteiger partial charge in [0, 0.05) is 5.90 Å². The lowest BCUT2D eigenvalue weighted by Gasteiger charge is -2.32. The molecule has 0 aromatic heterocycles. The summed E-state index contributed by atoms with van der Waals surface area (Å²) < 4.78 is 137. The molecule has 1 rings (SSSR count). The summed E-state index contributed by atoms with van der Waals surface area (Å²) in [6.07, 6.45) is 0. The number of benzene rings is 1. The second-order valence-corrected chi connectivity index (χ2v) is 8.87. The van der Waals surface area contributed by atoms with Gasteiger partial charge in [0.1, 0.15) is 0 Å². The number of sulfonamides is 1. The van der Waals surface area contributed by atoms with Gasteiger partial charge in [-0.3, -0.25) is 9.78 Å². The molecule has 198 valence electrons. The molecule has 0 aliphatic carbocycles. The van der Waals surface area contributed by atoms with E-state index in [1.54, 1.807) is 4.40 Å². The maximum atomic E-state index is 13.8. The molecule has 0 fully saturated rings. The molecule has 0 heterocycles. The maximum Gasteiger partial charge on any atom is 0.434 e. The molecule has 0 aliphatic heterocycles. The molecule has 0 saturated heterocycles. The minimum absolute atomic E-state index is 0.319. The maximum absolute atomic E-state index is 13.8. The molecule has 35 heavy (non-hydrogen) atoms. The lowest BCUT2D eigenvalue weighted by molar-refractivity contribution is -0.246. The number of rotatable bonds is 10. The molecule has 1 aromatic carbocycles. The van der Waals surface area contributed by atoms with Crippen LogP contribution in [-0.2, 0) is 39.7 Å². The molecule has 0 bridgehead atoms. The molecule has 0 N–H and O–H groups in total. The molecule has 0 spiro atoms.